The molecule has 0 spiro atoms. The van der Waals surface area contributed by atoms with E-state index in [1.165, 1.54) is 17.6 Å². The zero-order valence-corrected chi connectivity index (χ0v) is 12.2. The molecule has 1 aromatic carbocycles. The van der Waals surface area contributed by atoms with E-state index in [0.717, 1.165) is 22.0 Å². The van der Waals surface area contributed by atoms with Crippen LogP contribution >= 0.6 is 11.3 Å². The molecule has 102 valence electrons. The number of rotatable bonds is 3. The van der Waals surface area contributed by atoms with Crippen molar-refractivity contribution in [2.75, 3.05) is 6.26 Å². The van der Waals surface area contributed by atoms with E-state index >= 15 is 0 Å². The van der Waals surface area contributed by atoms with Gasteiger partial charge in [-0.1, -0.05) is 12.1 Å². The second-order valence-corrected chi connectivity index (χ2v) is 7.19. The molecular formula is C14H11NO3S2. The maximum atomic E-state index is 11.4. The lowest BCUT2D eigenvalue weighted by Gasteiger charge is -2.00. The first-order chi connectivity index (χ1) is 9.54. The summed E-state index contributed by atoms with van der Waals surface area (Å²) in [7, 11) is -3.16. The van der Waals surface area contributed by atoms with Gasteiger partial charge in [-0.2, -0.15) is 0 Å². The molecule has 0 unspecified atom stereocenters. The molecule has 3 aromatic rings. The van der Waals surface area contributed by atoms with Crippen molar-refractivity contribution in [1.82, 2.24) is 4.98 Å². The summed E-state index contributed by atoms with van der Waals surface area (Å²) < 4.78 is 28.1. The van der Waals surface area contributed by atoms with Crippen LogP contribution in [-0.2, 0) is 9.84 Å². The third kappa shape index (κ3) is 2.52. The summed E-state index contributed by atoms with van der Waals surface area (Å²) in [6, 6.07) is 10.4. The largest absolute Gasteiger partial charge is 0.462 e. The quantitative estimate of drug-likeness (QED) is 0.743. The average molecular weight is 305 g/mol. The van der Waals surface area contributed by atoms with Gasteiger partial charge >= 0.3 is 0 Å². The number of aromatic nitrogens is 1. The number of sulfone groups is 1. The monoisotopic (exact) mass is 305 g/mol. The Bertz CT molecular complexity index is 816. The molecule has 0 N–H and O–H groups in total. The van der Waals surface area contributed by atoms with Gasteiger partial charge in [0.05, 0.1) is 16.9 Å². The highest BCUT2D eigenvalue weighted by Gasteiger charge is 2.10. The standard InChI is InChI=1S/C14H11NO3S2/c1-20(16,17)11-6-4-10(5-7-11)12-9-19-14(15-12)13-3-2-8-18-13/h2-9H,1H3. The molecule has 2 heterocycles. The molecule has 0 aliphatic heterocycles. The molecular weight excluding hydrogens is 294 g/mol. The van der Waals surface area contributed by atoms with Crippen molar-refractivity contribution < 1.29 is 12.8 Å². The molecule has 6 heteroatoms. The van der Waals surface area contributed by atoms with Crippen LogP contribution in [0.4, 0.5) is 0 Å². The van der Waals surface area contributed by atoms with Gasteiger partial charge < -0.3 is 4.42 Å². The summed E-state index contributed by atoms with van der Waals surface area (Å²) in [5, 5.41) is 2.73. The molecule has 0 radical (unpaired) electrons. The summed E-state index contributed by atoms with van der Waals surface area (Å²) in [5.41, 5.74) is 1.69. The molecule has 2 aromatic heterocycles. The number of thiazole rings is 1. The SMILES string of the molecule is CS(=O)(=O)c1ccc(-c2csc(-c3ccco3)n2)cc1. The van der Waals surface area contributed by atoms with E-state index in [-0.39, 0.29) is 0 Å². The lowest BCUT2D eigenvalue weighted by atomic mass is 10.2. The van der Waals surface area contributed by atoms with Gasteiger partial charge in [0.15, 0.2) is 20.6 Å². The Balaban J connectivity index is 1.94. The van der Waals surface area contributed by atoms with Gasteiger partial charge in [-0.15, -0.1) is 11.3 Å². The Morgan fingerprint density at radius 1 is 1.15 bits per heavy atom. The van der Waals surface area contributed by atoms with E-state index in [4.69, 9.17) is 4.42 Å². The second-order valence-electron chi connectivity index (χ2n) is 4.31. The molecule has 0 bridgehead atoms. The molecule has 0 aliphatic rings. The average Bonchev–Trinajstić information content (AvgIpc) is 3.09. The van der Waals surface area contributed by atoms with E-state index < -0.39 is 9.84 Å². The lowest BCUT2D eigenvalue weighted by molar-refractivity contribution is 0.582. The van der Waals surface area contributed by atoms with Crippen LogP contribution in [-0.4, -0.2) is 19.7 Å². The van der Waals surface area contributed by atoms with Crippen molar-refractivity contribution in [3.63, 3.8) is 0 Å². The van der Waals surface area contributed by atoms with Crippen molar-refractivity contribution >= 4 is 21.2 Å². The highest BCUT2D eigenvalue weighted by atomic mass is 32.2. The Morgan fingerprint density at radius 2 is 1.90 bits per heavy atom. The first-order valence-electron chi connectivity index (χ1n) is 5.84. The molecule has 0 aliphatic carbocycles. The molecule has 20 heavy (non-hydrogen) atoms. The van der Waals surface area contributed by atoms with Crippen LogP contribution in [0.15, 0.2) is 57.4 Å². The molecule has 4 nitrogen and oxygen atoms in total. The third-order valence-electron chi connectivity index (χ3n) is 2.81. The maximum Gasteiger partial charge on any atom is 0.175 e. The van der Waals surface area contributed by atoms with Crippen molar-refractivity contribution in [3.8, 4) is 22.0 Å². The molecule has 3 rings (SSSR count). The lowest BCUT2D eigenvalue weighted by Crippen LogP contribution is -1.96. The number of nitrogens with zero attached hydrogens (tertiary/aromatic N) is 1. The van der Waals surface area contributed by atoms with Gasteiger partial charge in [0.2, 0.25) is 0 Å². The van der Waals surface area contributed by atoms with E-state index in [2.05, 4.69) is 4.98 Å². The number of hydrogen-bond donors (Lipinski definition) is 0. The second kappa shape index (κ2) is 4.88. The van der Waals surface area contributed by atoms with Crippen molar-refractivity contribution in [3.05, 3.63) is 48.0 Å². The van der Waals surface area contributed by atoms with Gasteiger partial charge in [-0.25, -0.2) is 13.4 Å². The zero-order chi connectivity index (χ0) is 14.2. The Labute approximate surface area is 120 Å². The zero-order valence-electron chi connectivity index (χ0n) is 10.6. The van der Waals surface area contributed by atoms with Crippen LogP contribution in [0.25, 0.3) is 22.0 Å². The topological polar surface area (TPSA) is 60.2 Å². The van der Waals surface area contributed by atoms with Crippen molar-refractivity contribution in [2.45, 2.75) is 4.90 Å². The van der Waals surface area contributed by atoms with E-state index in [0.29, 0.717) is 4.90 Å². The van der Waals surface area contributed by atoms with E-state index in [1.807, 2.05) is 17.5 Å². The van der Waals surface area contributed by atoms with Crippen LogP contribution < -0.4 is 0 Å². The van der Waals surface area contributed by atoms with Crippen LogP contribution in [0.5, 0.6) is 0 Å². The fourth-order valence-electron chi connectivity index (χ4n) is 1.79. The predicted molar refractivity (Wildman–Crippen MR) is 78.4 cm³/mol. The molecule has 0 amide bonds. The highest BCUT2D eigenvalue weighted by Crippen LogP contribution is 2.29. The summed E-state index contributed by atoms with van der Waals surface area (Å²) in [5.74, 6) is 0.731. The summed E-state index contributed by atoms with van der Waals surface area (Å²) in [4.78, 5) is 4.80. The first-order valence-corrected chi connectivity index (χ1v) is 8.61. The Morgan fingerprint density at radius 3 is 2.50 bits per heavy atom. The van der Waals surface area contributed by atoms with E-state index in [9.17, 15) is 8.42 Å². The van der Waals surface area contributed by atoms with Crippen LogP contribution in [0.1, 0.15) is 0 Å². The summed E-state index contributed by atoms with van der Waals surface area (Å²) in [6.45, 7) is 0. The number of benzene rings is 1. The smallest absolute Gasteiger partial charge is 0.175 e. The Hall–Kier alpha value is -1.92. The molecule has 0 saturated carbocycles. The molecule has 0 fully saturated rings. The van der Waals surface area contributed by atoms with Crippen LogP contribution in [0, 0.1) is 0 Å². The van der Waals surface area contributed by atoms with Gasteiger partial charge in [-0.3, -0.25) is 0 Å². The molecule has 0 saturated heterocycles. The van der Waals surface area contributed by atoms with Crippen LogP contribution in [0.2, 0.25) is 0 Å². The van der Waals surface area contributed by atoms with Crippen molar-refractivity contribution in [1.29, 1.82) is 0 Å². The number of hydrogen-bond acceptors (Lipinski definition) is 5. The predicted octanol–water partition coefficient (Wildman–Crippen LogP) is 3.47. The first kappa shape index (κ1) is 13.1. The van der Waals surface area contributed by atoms with Gasteiger partial charge in [-0.05, 0) is 24.3 Å². The fourth-order valence-corrected chi connectivity index (χ4v) is 3.22. The minimum Gasteiger partial charge on any atom is -0.462 e. The Kier molecular flexibility index (Phi) is 3.19. The highest BCUT2D eigenvalue weighted by molar-refractivity contribution is 7.90. The normalized spacial score (nSPS) is 11.7. The maximum absolute atomic E-state index is 11.4. The third-order valence-corrected chi connectivity index (χ3v) is 4.80. The van der Waals surface area contributed by atoms with Gasteiger partial charge in [0.25, 0.3) is 0 Å². The summed E-state index contributed by atoms with van der Waals surface area (Å²) >= 11 is 1.49. The minimum absolute atomic E-state index is 0.308. The minimum atomic E-state index is -3.16. The summed E-state index contributed by atoms with van der Waals surface area (Å²) in [6.07, 6.45) is 2.80. The van der Waals surface area contributed by atoms with Crippen LogP contribution in [0.3, 0.4) is 0 Å². The van der Waals surface area contributed by atoms with Gasteiger partial charge in [0.1, 0.15) is 0 Å². The number of furan rings is 1. The van der Waals surface area contributed by atoms with Gasteiger partial charge in [0, 0.05) is 17.2 Å². The molecule has 0 atom stereocenters. The fraction of sp³-hybridized carbons (Fsp3) is 0.0714. The van der Waals surface area contributed by atoms with E-state index in [1.54, 1.807) is 30.5 Å². The van der Waals surface area contributed by atoms with Crippen molar-refractivity contribution in [2.24, 2.45) is 0 Å².